The number of rotatable bonds is 6. The first kappa shape index (κ1) is 13.1. The van der Waals surface area contributed by atoms with E-state index in [4.69, 9.17) is 5.11 Å². The second-order valence-electron chi connectivity index (χ2n) is 3.53. The van der Waals surface area contributed by atoms with Crippen molar-refractivity contribution in [2.24, 2.45) is 0 Å². The lowest BCUT2D eigenvalue weighted by Crippen LogP contribution is -2.18. The first-order chi connectivity index (χ1) is 8.08. The van der Waals surface area contributed by atoms with Crippen molar-refractivity contribution in [1.29, 1.82) is 0 Å². The number of esters is 1. The van der Waals surface area contributed by atoms with Gasteiger partial charge in [0, 0.05) is 12.6 Å². The Morgan fingerprint density at radius 3 is 2.82 bits per heavy atom. The molecule has 7 heteroatoms. The number of aromatic nitrogens is 3. The minimum Gasteiger partial charge on any atom is -0.480 e. The molecule has 0 spiro atoms. The van der Waals surface area contributed by atoms with Gasteiger partial charge in [-0.1, -0.05) is 12.1 Å². The van der Waals surface area contributed by atoms with E-state index in [-0.39, 0.29) is 12.4 Å². The minimum absolute atomic E-state index is 0.207. The van der Waals surface area contributed by atoms with Gasteiger partial charge in [0.2, 0.25) is 0 Å². The zero-order valence-corrected chi connectivity index (χ0v) is 9.79. The molecule has 7 nitrogen and oxygen atoms in total. The molecule has 0 fully saturated rings. The minimum atomic E-state index is -0.947. The van der Waals surface area contributed by atoms with E-state index in [1.165, 1.54) is 11.8 Å². The molecular weight excluding hydrogens is 226 g/mol. The van der Waals surface area contributed by atoms with E-state index < -0.39 is 12.0 Å². The van der Waals surface area contributed by atoms with Gasteiger partial charge in [0.05, 0.1) is 19.2 Å². The third kappa shape index (κ3) is 3.54. The van der Waals surface area contributed by atoms with E-state index in [0.29, 0.717) is 18.5 Å². The van der Waals surface area contributed by atoms with Gasteiger partial charge in [0.25, 0.3) is 0 Å². The molecule has 0 saturated carbocycles. The second-order valence-corrected chi connectivity index (χ2v) is 3.53. The average molecular weight is 241 g/mol. The van der Waals surface area contributed by atoms with E-state index in [0.717, 1.165) is 0 Å². The fraction of sp³-hybridized carbons (Fsp3) is 0.600. The lowest BCUT2D eigenvalue weighted by atomic mass is 10.2. The fourth-order valence-corrected chi connectivity index (χ4v) is 1.39. The molecule has 1 atom stereocenters. The van der Waals surface area contributed by atoms with Gasteiger partial charge in [-0.2, -0.15) is 0 Å². The molecule has 0 aliphatic heterocycles. The molecule has 0 radical (unpaired) electrons. The molecule has 1 aromatic heterocycles. The summed E-state index contributed by atoms with van der Waals surface area (Å²) in [5, 5.41) is 16.5. The van der Waals surface area contributed by atoms with Crippen LogP contribution in [0.15, 0.2) is 6.20 Å². The number of hydrogen-bond donors (Lipinski definition) is 1. The molecule has 1 rings (SSSR count). The molecule has 0 bridgehead atoms. The fourth-order valence-electron chi connectivity index (χ4n) is 1.39. The summed E-state index contributed by atoms with van der Waals surface area (Å²) in [6, 6.07) is -0.714. The normalized spacial score (nSPS) is 12.1. The number of carbonyl (C=O) groups is 2. The van der Waals surface area contributed by atoms with E-state index >= 15 is 0 Å². The van der Waals surface area contributed by atoms with E-state index in [2.05, 4.69) is 15.0 Å². The average Bonchev–Trinajstić information content (AvgIpc) is 2.75. The van der Waals surface area contributed by atoms with Crippen LogP contribution in [-0.4, -0.2) is 39.1 Å². The Balaban J connectivity index is 2.64. The highest BCUT2D eigenvalue weighted by Gasteiger charge is 2.18. The van der Waals surface area contributed by atoms with Crippen LogP contribution >= 0.6 is 0 Å². The number of methoxy groups -OCH3 is 1. The van der Waals surface area contributed by atoms with Crippen LogP contribution in [0.1, 0.15) is 31.5 Å². The summed E-state index contributed by atoms with van der Waals surface area (Å²) in [4.78, 5) is 21.8. The molecule has 1 N–H and O–H groups in total. The number of aliphatic carboxylic acids is 1. The third-order valence-electron chi connectivity index (χ3n) is 2.36. The number of ether oxygens (including phenoxy) is 1. The number of carboxylic acid groups (broad SMARTS) is 1. The molecule has 1 aromatic rings. The van der Waals surface area contributed by atoms with Crippen LogP contribution in [0.5, 0.6) is 0 Å². The first-order valence-electron chi connectivity index (χ1n) is 5.28. The van der Waals surface area contributed by atoms with Gasteiger partial charge in [-0.3, -0.25) is 4.79 Å². The Hall–Kier alpha value is -1.92. The van der Waals surface area contributed by atoms with Crippen LogP contribution < -0.4 is 0 Å². The largest absolute Gasteiger partial charge is 0.480 e. The Labute approximate surface area is 98.4 Å². The number of hydrogen-bond acceptors (Lipinski definition) is 5. The van der Waals surface area contributed by atoms with Crippen LogP contribution in [0.3, 0.4) is 0 Å². The van der Waals surface area contributed by atoms with Gasteiger partial charge in [0.15, 0.2) is 6.04 Å². The summed E-state index contributed by atoms with van der Waals surface area (Å²) in [7, 11) is 1.32. The maximum Gasteiger partial charge on any atom is 0.328 e. The topological polar surface area (TPSA) is 94.3 Å². The van der Waals surface area contributed by atoms with Gasteiger partial charge in [0.1, 0.15) is 0 Å². The van der Waals surface area contributed by atoms with Crippen LogP contribution in [0.2, 0.25) is 0 Å². The monoisotopic (exact) mass is 241 g/mol. The standard InChI is InChI=1S/C10H15N3O4/c1-3-8(10(15)16)13-6-7(11-12-13)4-5-9(14)17-2/h6,8H,3-5H2,1-2H3,(H,15,16). The van der Waals surface area contributed by atoms with Crippen molar-refractivity contribution in [1.82, 2.24) is 15.0 Å². The van der Waals surface area contributed by atoms with Crippen molar-refractivity contribution in [3.8, 4) is 0 Å². The number of aryl methyl sites for hydroxylation is 1. The maximum atomic E-state index is 10.9. The zero-order valence-electron chi connectivity index (χ0n) is 9.79. The highest BCUT2D eigenvalue weighted by molar-refractivity contribution is 5.71. The molecule has 0 aliphatic rings. The van der Waals surface area contributed by atoms with Gasteiger partial charge < -0.3 is 9.84 Å². The van der Waals surface area contributed by atoms with Crippen molar-refractivity contribution in [3.63, 3.8) is 0 Å². The SMILES string of the molecule is CCC(C(=O)O)n1cc(CCC(=O)OC)nn1. The summed E-state index contributed by atoms with van der Waals surface area (Å²) in [5.41, 5.74) is 0.579. The molecule has 94 valence electrons. The Bertz CT molecular complexity index is 402. The highest BCUT2D eigenvalue weighted by Crippen LogP contribution is 2.10. The molecule has 1 heterocycles. The van der Waals surface area contributed by atoms with E-state index in [1.54, 1.807) is 13.1 Å². The van der Waals surface area contributed by atoms with E-state index in [1.807, 2.05) is 0 Å². The van der Waals surface area contributed by atoms with Crippen molar-refractivity contribution in [2.75, 3.05) is 7.11 Å². The number of carbonyl (C=O) groups excluding carboxylic acids is 1. The lowest BCUT2D eigenvalue weighted by Gasteiger charge is -2.07. The van der Waals surface area contributed by atoms with Crippen LogP contribution in [0.25, 0.3) is 0 Å². The molecule has 0 aliphatic carbocycles. The predicted octanol–water partition coefficient (Wildman–Crippen LogP) is 0.419. The van der Waals surface area contributed by atoms with Crippen LogP contribution in [0.4, 0.5) is 0 Å². The van der Waals surface area contributed by atoms with Crippen LogP contribution in [0, 0.1) is 0 Å². The summed E-state index contributed by atoms with van der Waals surface area (Å²) in [5.74, 6) is -1.28. The maximum absolute atomic E-state index is 10.9. The zero-order chi connectivity index (χ0) is 12.8. The highest BCUT2D eigenvalue weighted by atomic mass is 16.5. The summed E-state index contributed by atoms with van der Waals surface area (Å²) in [6.45, 7) is 1.76. The van der Waals surface area contributed by atoms with Crippen molar-refractivity contribution >= 4 is 11.9 Å². The molecular formula is C10H15N3O4. The Morgan fingerprint density at radius 1 is 1.59 bits per heavy atom. The molecule has 17 heavy (non-hydrogen) atoms. The Morgan fingerprint density at radius 2 is 2.29 bits per heavy atom. The smallest absolute Gasteiger partial charge is 0.328 e. The van der Waals surface area contributed by atoms with Gasteiger partial charge in [-0.15, -0.1) is 5.10 Å². The van der Waals surface area contributed by atoms with Gasteiger partial charge in [-0.05, 0) is 6.42 Å². The molecule has 0 amide bonds. The van der Waals surface area contributed by atoms with Crippen LogP contribution in [-0.2, 0) is 20.7 Å². The first-order valence-corrected chi connectivity index (χ1v) is 5.28. The summed E-state index contributed by atoms with van der Waals surface area (Å²) >= 11 is 0. The predicted molar refractivity (Wildman–Crippen MR) is 57.3 cm³/mol. The molecule has 0 aromatic carbocycles. The van der Waals surface area contributed by atoms with Gasteiger partial charge >= 0.3 is 11.9 Å². The van der Waals surface area contributed by atoms with E-state index in [9.17, 15) is 9.59 Å². The quantitative estimate of drug-likeness (QED) is 0.725. The van der Waals surface area contributed by atoms with Crippen molar-refractivity contribution < 1.29 is 19.4 Å². The summed E-state index contributed by atoms with van der Waals surface area (Å²) < 4.78 is 5.80. The third-order valence-corrected chi connectivity index (χ3v) is 2.36. The van der Waals surface area contributed by atoms with Gasteiger partial charge in [-0.25, -0.2) is 9.48 Å². The molecule has 1 unspecified atom stereocenters. The second kappa shape index (κ2) is 5.97. The molecule has 0 saturated heterocycles. The summed E-state index contributed by atoms with van der Waals surface area (Å²) in [6.07, 6.45) is 2.57. The Kier molecular flexibility index (Phi) is 4.62. The van der Waals surface area contributed by atoms with Crippen molar-refractivity contribution in [3.05, 3.63) is 11.9 Å². The lowest BCUT2D eigenvalue weighted by molar-refractivity contribution is -0.142. The number of carboxylic acids is 1. The number of nitrogens with zero attached hydrogens (tertiary/aromatic N) is 3. The van der Waals surface area contributed by atoms with Crippen molar-refractivity contribution in [2.45, 2.75) is 32.2 Å².